The van der Waals surface area contributed by atoms with E-state index in [0.29, 0.717) is 26.2 Å². The molecule has 7 nitrogen and oxygen atoms in total. The molecule has 0 unspecified atom stereocenters. The Bertz CT molecular complexity index is 735. The summed E-state index contributed by atoms with van der Waals surface area (Å²) in [5.41, 5.74) is 0. The van der Waals surface area contributed by atoms with Gasteiger partial charge in [0.2, 0.25) is 10.0 Å². The second-order valence-electron chi connectivity index (χ2n) is 5.90. The zero-order valence-corrected chi connectivity index (χ0v) is 14.7. The predicted molar refractivity (Wildman–Crippen MR) is 93.8 cm³/mol. The molecule has 1 aliphatic heterocycles. The van der Waals surface area contributed by atoms with Crippen molar-refractivity contribution in [3.8, 4) is 5.82 Å². The molecule has 0 spiro atoms. The van der Waals surface area contributed by atoms with Gasteiger partial charge in [0.1, 0.15) is 0 Å². The van der Waals surface area contributed by atoms with Gasteiger partial charge in [-0.15, -0.1) is 10.2 Å². The molecule has 0 aliphatic carbocycles. The summed E-state index contributed by atoms with van der Waals surface area (Å²) in [5.74, 6) is 1.80. The van der Waals surface area contributed by atoms with Gasteiger partial charge in [-0.05, 0) is 30.7 Å². The highest BCUT2D eigenvalue weighted by Crippen LogP contribution is 2.16. The molecule has 8 heteroatoms. The molecular weight excluding hydrogens is 326 g/mol. The fourth-order valence-electron chi connectivity index (χ4n) is 2.76. The number of rotatable bonds is 6. The minimum absolute atomic E-state index is 0.245. The van der Waals surface area contributed by atoms with Crippen LogP contribution < -0.4 is 4.90 Å². The number of unbranched alkanes of at least 4 members (excludes halogenated alkanes) is 1. The number of hydrogen-bond acceptors (Lipinski definition) is 5. The Morgan fingerprint density at radius 3 is 2.21 bits per heavy atom. The fourth-order valence-corrected chi connectivity index (χ4v) is 4.39. The van der Waals surface area contributed by atoms with Crippen molar-refractivity contribution < 1.29 is 8.42 Å². The van der Waals surface area contributed by atoms with E-state index in [0.717, 1.165) is 24.5 Å². The standard InChI is InChI=1S/C16H23N5O2S/c1-2-3-14-24(22,23)21-12-10-20(11-13-21)16-7-6-15(17-18-16)19-8-4-5-9-19/h4-9H,2-3,10-14H2,1H3. The van der Waals surface area contributed by atoms with Crippen LogP contribution >= 0.6 is 0 Å². The van der Waals surface area contributed by atoms with Crippen molar-refractivity contribution >= 4 is 15.8 Å². The second-order valence-corrected chi connectivity index (χ2v) is 7.98. The summed E-state index contributed by atoms with van der Waals surface area (Å²) >= 11 is 0. The molecule has 1 fully saturated rings. The molecule has 3 rings (SSSR count). The maximum Gasteiger partial charge on any atom is 0.214 e. The van der Waals surface area contributed by atoms with E-state index in [4.69, 9.17) is 0 Å². The lowest BCUT2D eigenvalue weighted by molar-refractivity contribution is 0.383. The Hall–Kier alpha value is -1.93. The van der Waals surface area contributed by atoms with Crippen LogP contribution in [0.4, 0.5) is 5.82 Å². The summed E-state index contributed by atoms with van der Waals surface area (Å²) < 4.78 is 28.0. The van der Waals surface area contributed by atoms with E-state index >= 15 is 0 Å². The summed E-state index contributed by atoms with van der Waals surface area (Å²) in [6, 6.07) is 7.73. The minimum atomic E-state index is -3.12. The van der Waals surface area contributed by atoms with E-state index in [2.05, 4.69) is 15.1 Å². The lowest BCUT2D eigenvalue weighted by atomic mass is 10.3. The zero-order chi connectivity index (χ0) is 17.0. The van der Waals surface area contributed by atoms with Gasteiger partial charge in [-0.2, -0.15) is 4.31 Å². The van der Waals surface area contributed by atoms with Gasteiger partial charge in [-0.25, -0.2) is 8.42 Å². The maximum absolute atomic E-state index is 12.2. The number of piperazine rings is 1. The third-order valence-electron chi connectivity index (χ3n) is 4.22. The smallest absolute Gasteiger partial charge is 0.214 e. The Morgan fingerprint density at radius 2 is 1.62 bits per heavy atom. The molecule has 0 radical (unpaired) electrons. The summed E-state index contributed by atoms with van der Waals surface area (Å²) in [6.45, 7) is 4.30. The van der Waals surface area contributed by atoms with Gasteiger partial charge in [-0.3, -0.25) is 0 Å². The zero-order valence-electron chi connectivity index (χ0n) is 13.9. The van der Waals surface area contributed by atoms with E-state index in [-0.39, 0.29) is 5.75 Å². The van der Waals surface area contributed by atoms with Gasteiger partial charge in [0.15, 0.2) is 11.6 Å². The molecule has 24 heavy (non-hydrogen) atoms. The number of aromatic nitrogens is 3. The summed E-state index contributed by atoms with van der Waals surface area (Å²) in [4.78, 5) is 2.08. The fraction of sp³-hybridized carbons (Fsp3) is 0.500. The number of nitrogens with zero attached hydrogens (tertiary/aromatic N) is 5. The van der Waals surface area contributed by atoms with Gasteiger partial charge in [0.25, 0.3) is 0 Å². The average molecular weight is 349 g/mol. The summed E-state index contributed by atoms with van der Waals surface area (Å²) in [5, 5.41) is 8.53. The van der Waals surface area contributed by atoms with Crippen LogP contribution in [0.25, 0.3) is 5.82 Å². The lowest BCUT2D eigenvalue weighted by Gasteiger charge is -2.34. The average Bonchev–Trinajstić information content (AvgIpc) is 3.15. The second kappa shape index (κ2) is 7.31. The lowest BCUT2D eigenvalue weighted by Crippen LogP contribution is -2.49. The number of anilines is 1. The number of hydrogen-bond donors (Lipinski definition) is 0. The van der Waals surface area contributed by atoms with E-state index in [1.807, 2.05) is 48.1 Å². The van der Waals surface area contributed by atoms with Crippen molar-refractivity contribution in [2.24, 2.45) is 0 Å². The molecule has 0 atom stereocenters. The molecule has 0 bridgehead atoms. The van der Waals surface area contributed by atoms with Crippen molar-refractivity contribution in [2.75, 3.05) is 36.8 Å². The van der Waals surface area contributed by atoms with Crippen molar-refractivity contribution in [3.63, 3.8) is 0 Å². The Kier molecular flexibility index (Phi) is 5.15. The van der Waals surface area contributed by atoms with Crippen molar-refractivity contribution in [2.45, 2.75) is 19.8 Å². The van der Waals surface area contributed by atoms with E-state index in [9.17, 15) is 8.42 Å². The first-order chi connectivity index (χ1) is 11.6. The van der Waals surface area contributed by atoms with Crippen LogP contribution in [0.1, 0.15) is 19.8 Å². The molecule has 130 valence electrons. The SMILES string of the molecule is CCCCS(=O)(=O)N1CCN(c2ccc(-n3cccc3)nn2)CC1. The van der Waals surface area contributed by atoms with E-state index < -0.39 is 10.0 Å². The van der Waals surface area contributed by atoms with Crippen LogP contribution in [0.2, 0.25) is 0 Å². The first kappa shape index (κ1) is 16.9. The summed E-state index contributed by atoms with van der Waals surface area (Å²) in [7, 11) is -3.12. The van der Waals surface area contributed by atoms with Crippen LogP contribution in [-0.2, 0) is 10.0 Å². The highest BCUT2D eigenvalue weighted by Gasteiger charge is 2.26. The van der Waals surface area contributed by atoms with Crippen LogP contribution in [0.3, 0.4) is 0 Å². The van der Waals surface area contributed by atoms with Crippen molar-refractivity contribution in [3.05, 3.63) is 36.7 Å². The molecule has 2 aromatic rings. The van der Waals surface area contributed by atoms with Crippen LogP contribution in [-0.4, -0.2) is 59.4 Å². The normalized spacial score (nSPS) is 16.5. The van der Waals surface area contributed by atoms with E-state index in [1.165, 1.54) is 0 Å². The Balaban J connectivity index is 1.60. The molecule has 3 heterocycles. The Labute approximate surface area is 143 Å². The van der Waals surface area contributed by atoms with Crippen LogP contribution in [0, 0.1) is 0 Å². The van der Waals surface area contributed by atoms with Crippen molar-refractivity contribution in [1.82, 2.24) is 19.1 Å². The summed E-state index contributed by atoms with van der Waals surface area (Å²) in [6.07, 6.45) is 5.45. The molecule has 0 aromatic carbocycles. The molecular formula is C16H23N5O2S. The first-order valence-corrected chi connectivity index (χ1v) is 9.91. The van der Waals surface area contributed by atoms with E-state index in [1.54, 1.807) is 4.31 Å². The van der Waals surface area contributed by atoms with Gasteiger partial charge in [-0.1, -0.05) is 13.3 Å². The molecule has 1 saturated heterocycles. The Morgan fingerprint density at radius 1 is 1.00 bits per heavy atom. The first-order valence-electron chi connectivity index (χ1n) is 8.30. The molecule has 1 aliphatic rings. The highest BCUT2D eigenvalue weighted by atomic mass is 32.2. The quantitative estimate of drug-likeness (QED) is 0.791. The van der Waals surface area contributed by atoms with Crippen molar-refractivity contribution in [1.29, 1.82) is 0 Å². The van der Waals surface area contributed by atoms with Gasteiger partial charge in [0, 0.05) is 38.6 Å². The molecule has 0 saturated carbocycles. The van der Waals surface area contributed by atoms with Gasteiger partial charge >= 0.3 is 0 Å². The highest BCUT2D eigenvalue weighted by molar-refractivity contribution is 7.89. The minimum Gasteiger partial charge on any atom is -0.352 e. The molecule has 2 aromatic heterocycles. The van der Waals surface area contributed by atoms with Crippen LogP contribution in [0.5, 0.6) is 0 Å². The third kappa shape index (κ3) is 3.76. The largest absolute Gasteiger partial charge is 0.352 e. The predicted octanol–water partition coefficient (Wildman–Crippen LogP) is 1.52. The topological polar surface area (TPSA) is 71.3 Å². The molecule has 0 amide bonds. The molecule has 0 N–H and O–H groups in total. The van der Waals surface area contributed by atoms with Gasteiger partial charge < -0.3 is 9.47 Å². The monoisotopic (exact) mass is 349 g/mol. The van der Waals surface area contributed by atoms with Gasteiger partial charge in [0.05, 0.1) is 5.75 Å². The third-order valence-corrected chi connectivity index (χ3v) is 6.17. The van der Waals surface area contributed by atoms with Crippen LogP contribution in [0.15, 0.2) is 36.7 Å². The maximum atomic E-state index is 12.2. The number of sulfonamides is 1.